The van der Waals surface area contributed by atoms with Gasteiger partial charge in [-0.25, -0.2) is 0 Å². The molecule has 4 heteroatoms. The second-order valence-electron chi connectivity index (χ2n) is 6.07. The summed E-state index contributed by atoms with van der Waals surface area (Å²) < 4.78 is 5.00. The third-order valence-electron chi connectivity index (χ3n) is 4.60. The van der Waals surface area contributed by atoms with Gasteiger partial charge < -0.3 is 15.4 Å². The molecule has 0 aromatic rings. The van der Waals surface area contributed by atoms with Crippen molar-refractivity contribution in [3.05, 3.63) is 0 Å². The zero-order valence-electron chi connectivity index (χ0n) is 13.4. The van der Waals surface area contributed by atoms with Gasteiger partial charge in [-0.05, 0) is 45.2 Å². The van der Waals surface area contributed by atoms with Crippen LogP contribution in [0.1, 0.15) is 52.4 Å². The first-order valence-corrected chi connectivity index (χ1v) is 8.18. The van der Waals surface area contributed by atoms with E-state index in [2.05, 4.69) is 18.9 Å². The minimum absolute atomic E-state index is 0.0930. The number of rotatable bonds is 8. The predicted octanol–water partition coefficient (Wildman–Crippen LogP) is 2.42. The van der Waals surface area contributed by atoms with E-state index in [4.69, 9.17) is 10.5 Å². The lowest BCUT2D eigenvalue weighted by atomic mass is 9.76. The molecule has 0 spiro atoms. The highest BCUT2D eigenvalue weighted by atomic mass is 16.5. The second-order valence-corrected chi connectivity index (χ2v) is 6.07. The highest BCUT2D eigenvalue weighted by Gasteiger charge is 2.31. The van der Waals surface area contributed by atoms with Crippen LogP contribution in [-0.2, 0) is 9.53 Å². The Morgan fingerprint density at radius 2 is 2.10 bits per heavy atom. The lowest BCUT2D eigenvalue weighted by Gasteiger charge is -2.41. The van der Waals surface area contributed by atoms with E-state index >= 15 is 0 Å². The molecule has 1 saturated carbocycles. The first kappa shape index (κ1) is 17.4. The summed E-state index contributed by atoms with van der Waals surface area (Å²) in [6.45, 7) is 6.11. The number of hydrogen-bond donors (Lipinski definition) is 1. The summed E-state index contributed by atoms with van der Waals surface area (Å²) in [5.41, 5.74) is 5.94. The van der Waals surface area contributed by atoms with E-state index < -0.39 is 0 Å². The molecule has 1 aliphatic carbocycles. The molecule has 0 radical (unpaired) electrons. The van der Waals surface area contributed by atoms with Crippen LogP contribution in [0.15, 0.2) is 0 Å². The van der Waals surface area contributed by atoms with Crippen LogP contribution < -0.4 is 5.73 Å². The maximum atomic E-state index is 11.5. The van der Waals surface area contributed by atoms with Crippen LogP contribution in [0.5, 0.6) is 0 Å². The average Bonchev–Trinajstić information content (AvgIpc) is 2.45. The van der Waals surface area contributed by atoms with Gasteiger partial charge in [-0.1, -0.05) is 26.2 Å². The van der Waals surface area contributed by atoms with Gasteiger partial charge in [-0.15, -0.1) is 0 Å². The molecule has 0 amide bonds. The van der Waals surface area contributed by atoms with Crippen molar-refractivity contribution in [1.29, 1.82) is 0 Å². The van der Waals surface area contributed by atoms with E-state index in [1.165, 1.54) is 32.1 Å². The second kappa shape index (κ2) is 9.35. The topological polar surface area (TPSA) is 55.6 Å². The number of nitrogens with zero attached hydrogens (tertiary/aromatic N) is 1. The minimum Gasteiger partial charge on any atom is -0.466 e. The number of esters is 1. The van der Waals surface area contributed by atoms with E-state index in [0.717, 1.165) is 19.0 Å². The fourth-order valence-corrected chi connectivity index (χ4v) is 3.45. The van der Waals surface area contributed by atoms with Gasteiger partial charge in [0.05, 0.1) is 13.0 Å². The van der Waals surface area contributed by atoms with Gasteiger partial charge in [0.25, 0.3) is 0 Å². The summed E-state index contributed by atoms with van der Waals surface area (Å²) in [6, 6.07) is 0.528. The van der Waals surface area contributed by atoms with E-state index in [-0.39, 0.29) is 5.97 Å². The summed E-state index contributed by atoms with van der Waals surface area (Å²) in [6.07, 6.45) is 6.84. The Morgan fingerprint density at radius 3 is 2.70 bits per heavy atom. The maximum Gasteiger partial charge on any atom is 0.307 e. The Morgan fingerprint density at radius 1 is 1.35 bits per heavy atom. The summed E-state index contributed by atoms with van der Waals surface area (Å²) in [5, 5.41) is 0. The summed E-state index contributed by atoms with van der Waals surface area (Å²) in [5.74, 6) is 1.32. The molecule has 0 aromatic heterocycles. The number of carbonyl (C=O) groups excluding carboxylic acids is 1. The normalized spacial score (nSPS) is 26.8. The molecule has 118 valence electrons. The standard InChI is InChI=1S/C16H32N2O2/c1-4-6-13-7-8-14(12-17)15(11-13)18(3)10-9-16(19)20-5-2/h13-15H,4-12,17H2,1-3H3. The molecule has 0 saturated heterocycles. The van der Waals surface area contributed by atoms with Gasteiger partial charge in [0.2, 0.25) is 0 Å². The van der Waals surface area contributed by atoms with Crippen molar-refractivity contribution in [2.24, 2.45) is 17.6 Å². The van der Waals surface area contributed by atoms with E-state index in [0.29, 0.717) is 25.0 Å². The van der Waals surface area contributed by atoms with Crippen LogP contribution in [0, 0.1) is 11.8 Å². The van der Waals surface area contributed by atoms with Crippen LogP contribution in [-0.4, -0.2) is 43.7 Å². The van der Waals surface area contributed by atoms with Crippen LogP contribution in [0.3, 0.4) is 0 Å². The van der Waals surface area contributed by atoms with E-state index in [9.17, 15) is 4.79 Å². The molecule has 1 fully saturated rings. The third-order valence-corrected chi connectivity index (χ3v) is 4.60. The fraction of sp³-hybridized carbons (Fsp3) is 0.938. The molecule has 2 N–H and O–H groups in total. The van der Waals surface area contributed by atoms with E-state index in [1.807, 2.05) is 6.92 Å². The van der Waals surface area contributed by atoms with Crippen molar-refractivity contribution in [3.63, 3.8) is 0 Å². The quantitative estimate of drug-likeness (QED) is 0.695. The Kier molecular flexibility index (Phi) is 8.15. The number of nitrogens with two attached hydrogens (primary N) is 1. The highest BCUT2D eigenvalue weighted by Crippen LogP contribution is 2.33. The van der Waals surface area contributed by atoms with Crippen molar-refractivity contribution in [2.75, 3.05) is 26.7 Å². The summed E-state index contributed by atoms with van der Waals surface area (Å²) in [7, 11) is 2.13. The first-order valence-electron chi connectivity index (χ1n) is 8.18. The monoisotopic (exact) mass is 284 g/mol. The number of ether oxygens (including phenoxy) is 1. The van der Waals surface area contributed by atoms with Gasteiger partial charge >= 0.3 is 5.97 Å². The Bertz CT molecular complexity index is 284. The molecule has 0 bridgehead atoms. The zero-order valence-corrected chi connectivity index (χ0v) is 13.4. The van der Waals surface area contributed by atoms with Crippen molar-refractivity contribution in [1.82, 2.24) is 4.90 Å². The van der Waals surface area contributed by atoms with Crippen LogP contribution in [0.25, 0.3) is 0 Å². The first-order chi connectivity index (χ1) is 9.62. The number of hydrogen-bond acceptors (Lipinski definition) is 4. The predicted molar refractivity (Wildman–Crippen MR) is 82.5 cm³/mol. The average molecular weight is 284 g/mol. The Labute approximate surface area is 124 Å². The molecule has 0 aromatic carbocycles. The third kappa shape index (κ3) is 5.41. The molecule has 1 rings (SSSR count). The summed E-state index contributed by atoms with van der Waals surface area (Å²) >= 11 is 0. The van der Waals surface area contributed by atoms with Crippen molar-refractivity contribution in [2.45, 2.75) is 58.4 Å². The van der Waals surface area contributed by atoms with E-state index in [1.54, 1.807) is 0 Å². The van der Waals surface area contributed by atoms with Gasteiger partial charge in [0.15, 0.2) is 0 Å². The summed E-state index contributed by atoms with van der Waals surface area (Å²) in [4.78, 5) is 13.8. The zero-order chi connectivity index (χ0) is 15.0. The number of carbonyl (C=O) groups is 1. The molecule has 0 aliphatic heterocycles. The Hall–Kier alpha value is -0.610. The van der Waals surface area contributed by atoms with Gasteiger partial charge in [0, 0.05) is 12.6 Å². The minimum atomic E-state index is -0.0930. The van der Waals surface area contributed by atoms with Crippen molar-refractivity contribution >= 4 is 5.97 Å². The SMILES string of the molecule is CCCC1CCC(CN)C(N(C)CCC(=O)OCC)C1. The lowest BCUT2D eigenvalue weighted by Crippen LogP contribution is -2.45. The lowest BCUT2D eigenvalue weighted by molar-refractivity contribution is -0.143. The highest BCUT2D eigenvalue weighted by molar-refractivity contribution is 5.69. The van der Waals surface area contributed by atoms with Crippen molar-refractivity contribution < 1.29 is 9.53 Å². The van der Waals surface area contributed by atoms with Crippen LogP contribution in [0.2, 0.25) is 0 Å². The van der Waals surface area contributed by atoms with Crippen molar-refractivity contribution in [3.8, 4) is 0 Å². The molecular formula is C16H32N2O2. The van der Waals surface area contributed by atoms with Gasteiger partial charge in [-0.2, -0.15) is 0 Å². The molecule has 3 atom stereocenters. The molecule has 3 unspecified atom stereocenters. The molecule has 4 nitrogen and oxygen atoms in total. The maximum absolute atomic E-state index is 11.5. The molecule has 0 heterocycles. The molecule has 20 heavy (non-hydrogen) atoms. The smallest absolute Gasteiger partial charge is 0.307 e. The molecule has 1 aliphatic rings. The van der Waals surface area contributed by atoms with Crippen LogP contribution >= 0.6 is 0 Å². The van der Waals surface area contributed by atoms with Gasteiger partial charge in [-0.3, -0.25) is 4.79 Å². The largest absolute Gasteiger partial charge is 0.466 e. The van der Waals surface area contributed by atoms with Crippen LogP contribution in [0.4, 0.5) is 0 Å². The van der Waals surface area contributed by atoms with Gasteiger partial charge in [0.1, 0.15) is 0 Å². The molecular weight excluding hydrogens is 252 g/mol. The fourth-order valence-electron chi connectivity index (χ4n) is 3.45. The Balaban J connectivity index is 2.47.